The van der Waals surface area contributed by atoms with Crippen LogP contribution < -0.4 is 0 Å². The van der Waals surface area contributed by atoms with Gasteiger partial charge >= 0.3 is 0 Å². The Hall–Kier alpha value is -3.10. The minimum atomic E-state index is 0.411. The summed E-state index contributed by atoms with van der Waals surface area (Å²) in [4.78, 5) is 3.81. The molecule has 2 atom stereocenters. The van der Waals surface area contributed by atoms with Gasteiger partial charge in [-0.05, 0) is 28.5 Å². The first-order chi connectivity index (χ1) is 13.9. The van der Waals surface area contributed by atoms with Crippen molar-refractivity contribution < 1.29 is 0 Å². The van der Waals surface area contributed by atoms with Gasteiger partial charge in [0.2, 0.25) is 0 Å². The highest BCUT2D eigenvalue weighted by atomic mass is 32.1. The van der Waals surface area contributed by atoms with Crippen LogP contribution in [-0.2, 0) is 0 Å². The first-order valence-electron chi connectivity index (χ1n) is 9.81. The molecule has 132 valence electrons. The maximum Gasteiger partial charge on any atom is 0.0649 e. The Balaban J connectivity index is 1.76. The molecule has 0 bridgehead atoms. The van der Waals surface area contributed by atoms with E-state index < -0.39 is 0 Å². The zero-order valence-electron chi connectivity index (χ0n) is 15.1. The fourth-order valence-electron chi connectivity index (χ4n) is 5.17. The molecule has 0 spiro atoms. The molecule has 0 aliphatic heterocycles. The summed E-state index contributed by atoms with van der Waals surface area (Å²) in [6.45, 7) is 0. The second kappa shape index (κ2) is 5.24. The summed E-state index contributed by atoms with van der Waals surface area (Å²) in [5.74, 6) is 0.863. The molecule has 1 nitrogen and oxygen atoms in total. The normalized spacial score (nSPS) is 20.4. The Morgan fingerprint density at radius 3 is 2.39 bits per heavy atom. The van der Waals surface area contributed by atoms with Crippen molar-refractivity contribution in [1.82, 2.24) is 4.98 Å². The lowest BCUT2D eigenvalue weighted by Gasteiger charge is -2.25. The van der Waals surface area contributed by atoms with Crippen molar-refractivity contribution in [2.45, 2.75) is 5.92 Å². The molecular weight excluding hydrogens is 358 g/mol. The maximum absolute atomic E-state index is 3.81. The number of aromatic amines is 1. The zero-order valence-corrected chi connectivity index (χ0v) is 16.0. The number of aromatic nitrogens is 1. The van der Waals surface area contributed by atoms with Crippen molar-refractivity contribution >= 4 is 59.3 Å². The van der Waals surface area contributed by atoms with Gasteiger partial charge in [0.15, 0.2) is 0 Å². The van der Waals surface area contributed by atoms with Crippen molar-refractivity contribution in [1.29, 1.82) is 0 Å². The molecule has 0 amide bonds. The van der Waals surface area contributed by atoms with Crippen LogP contribution >= 0.6 is 11.3 Å². The van der Waals surface area contributed by atoms with Gasteiger partial charge in [-0.3, -0.25) is 0 Å². The number of benzene rings is 3. The topological polar surface area (TPSA) is 15.8 Å². The van der Waals surface area contributed by atoms with E-state index in [0.29, 0.717) is 11.8 Å². The highest BCUT2D eigenvalue weighted by molar-refractivity contribution is 7.26. The lowest BCUT2D eigenvalue weighted by atomic mass is 9.78. The van der Waals surface area contributed by atoms with E-state index in [-0.39, 0.29) is 0 Å². The van der Waals surface area contributed by atoms with Crippen molar-refractivity contribution in [3.63, 3.8) is 0 Å². The number of hydrogen-bond acceptors (Lipinski definition) is 1. The molecule has 2 aromatic heterocycles. The number of thiophene rings is 1. The van der Waals surface area contributed by atoms with Crippen LogP contribution in [0.3, 0.4) is 0 Å². The highest BCUT2D eigenvalue weighted by Gasteiger charge is 2.29. The van der Waals surface area contributed by atoms with Gasteiger partial charge in [-0.25, -0.2) is 0 Å². The Morgan fingerprint density at radius 1 is 0.750 bits per heavy atom. The van der Waals surface area contributed by atoms with E-state index in [0.717, 1.165) is 0 Å². The van der Waals surface area contributed by atoms with E-state index in [1.165, 1.54) is 53.1 Å². The van der Waals surface area contributed by atoms with Crippen LogP contribution in [0.1, 0.15) is 17.2 Å². The standard InChI is InChI=1S/C26H17NS/c1-2-8-16-15(7-1)13-14-20-23(16)24-18-10-4-3-9-17(18)22-19-11-5-6-12-21(19)28-26(22)25(24)27-20/h1-16,27H. The average Bonchev–Trinajstić information content (AvgIpc) is 3.33. The molecule has 0 saturated carbocycles. The van der Waals surface area contributed by atoms with Gasteiger partial charge in [0, 0.05) is 38.4 Å². The van der Waals surface area contributed by atoms with Crippen molar-refractivity contribution in [2.75, 3.05) is 0 Å². The molecular formula is C26H17NS. The predicted molar refractivity (Wildman–Crippen MR) is 122 cm³/mol. The lowest BCUT2D eigenvalue weighted by molar-refractivity contribution is 0.696. The van der Waals surface area contributed by atoms with Crippen LogP contribution in [0.4, 0.5) is 0 Å². The molecule has 2 unspecified atom stereocenters. The molecule has 28 heavy (non-hydrogen) atoms. The van der Waals surface area contributed by atoms with Gasteiger partial charge in [-0.2, -0.15) is 0 Å². The van der Waals surface area contributed by atoms with Gasteiger partial charge in [-0.1, -0.05) is 72.8 Å². The second-order valence-corrected chi connectivity index (χ2v) is 8.83. The van der Waals surface area contributed by atoms with E-state index in [9.17, 15) is 0 Å². The van der Waals surface area contributed by atoms with Crippen LogP contribution in [0.5, 0.6) is 0 Å². The van der Waals surface area contributed by atoms with Crippen LogP contribution in [0.25, 0.3) is 47.9 Å². The quantitative estimate of drug-likeness (QED) is 0.288. The number of rotatable bonds is 0. The van der Waals surface area contributed by atoms with Gasteiger partial charge in [0.25, 0.3) is 0 Å². The van der Waals surface area contributed by atoms with Gasteiger partial charge in [0.1, 0.15) is 0 Å². The smallest absolute Gasteiger partial charge is 0.0649 e. The minimum Gasteiger partial charge on any atom is -0.354 e. The predicted octanol–water partition coefficient (Wildman–Crippen LogP) is 7.54. The van der Waals surface area contributed by atoms with Gasteiger partial charge in [0.05, 0.1) is 10.2 Å². The number of hydrogen-bond donors (Lipinski definition) is 1. The maximum atomic E-state index is 3.81. The van der Waals surface area contributed by atoms with Gasteiger partial charge in [-0.15, -0.1) is 11.3 Å². The van der Waals surface area contributed by atoms with Gasteiger partial charge < -0.3 is 4.98 Å². The molecule has 0 radical (unpaired) electrons. The lowest BCUT2D eigenvalue weighted by Crippen LogP contribution is -2.12. The molecule has 2 heterocycles. The van der Waals surface area contributed by atoms with Crippen molar-refractivity contribution in [3.8, 4) is 0 Å². The Bertz CT molecular complexity index is 1520. The Labute approximate surface area is 166 Å². The zero-order chi connectivity index (χ0) is 18.2. The first kappa shape index (κ1) is 14.9. The fourth-order valence-corrected chi connectivity index (χ4v) is 6.40. The molecule has 3 aromatic carbocycles. The van der Waals surface area contributed by atoms with Crippen LogP contribution in [-0.4, -0.2) is 4.98 Å². The molecule has 1 N–H and O–H groups in total. The number of H-pyrrole nitrogens is 1. The third kappa shape index (κ3) is 1.76. The summed E-state index contributed by atoms with van der Waals surface area (Å²) in [5.41, 5.74) is 4.03. The van der Waals surface area contributed by atoms with E-state index in [2.05, 4.69) is 90.0 Å². The molecule has 5 aromatic rings. The summed E-state index contributed by atoms with van der Waals surface area (Å²) in [6.07, 6.45) is 13.7. The first-order valence-corrected chi connectivity index (χ1v) is 10.6. The summed E-state index contributed by atoms with van der Waals surface area (Å²) >= 11 is 1.91. The van der Waals surface area contributed by atoms with E-state index in [1.807, 2.05) is 11.3 Å². The minimum absolute atomic E-state index is 0.411. The molecule has 0 saturated heterocycles. The van der Waals surface area contributed by atoms with E-state index in [1.54, 1.807) is 0 Å². The molecule has 7 rings (SSSR count). The average molecular weight is 375 g/mol. The molecule has 2 aliphatic rings. The number of nitrogens with one attached hydrogen (secondary N) is 1. The monoisotopic (exact) mass is 375 g/mol. The third-order valence-corrected chi connectivity index (χ3v) is 7.54. The number of fused-ring (bicyclic) bond motifs is 12. The molecule has 0 fully saturated rings. The van der Waals surface area contributed by atoms with Crippen molar-refractivity contribution in [3.05, 3.63) is 90.2 Å². The molecule has 2 aliphatic carbocycles. The summed E-state index contributed by atoms with van der Waals surface area (Å²) < 4.78 is 2.74. The second-order valence-electron chi connectivity index (χ2n) is 7.78. The summed E-state index contributed by atoms with van der Waals surface area (Å²) in [6, 6.07) is 17.7. The molecule has 2 heteroatoms. The van der Waals surface area contributed by atoms with E-state index >= 15 is 0 Å². The Kier molecular flexibility index (Phi) is 2.79. The highest BCUT2D eigenvalue weighted by Crippen LogP contribution is 2.49. The SMILES string of the molecule is C1=CC2C=Cc3[nH]c4c5sc6ccccc6c5c5ccccc5c4c3C2C=C1. The fraction of sp³-hybridized carbons (Fsp3) is 0.0769. The largest absolute Gasteiger partial charge is 0.354 e. The van der Waals surface area contributed by atoms with Crippen molar-refractivity contribution in [2.24, 2.45) is 5.92 Å². The van der Waals surface area contributed by atoms with Crippen LogP contribution in [0.2, 0.25) is 0 Å². The number of allylic oxidation sites excluding steroid dienone is 5. The summed E-state index contributed by atoms with van der Waals surface area (Å²) in [7, 11) is 0. The summed E-state index contributed by atoms with van der Waals surface area (Å²) in [5, 5.41) is 6.89. The third-order valence-electron chi connectivity index (χ3n) is 6.35. The van der Waals surface area contributed by atoms with Crippen LogP contribution in [0, 0.1) is 5.92 Å². The Morgan fingerprint density at radius 2 is 1.50 bits per heavy atom. The van der Waals surface area contributed by atoms with Crippen LogP contribution in [0.15, 0.2) is 78.9 Å². The van der Waals surface area contributed by atoms with E-state index in [4.69, 9.17) is 0 Å².